The fourth-order valence-corrected chi connectivity index (χ4v) is 2.68. The van der Waals surface area contributed by atoms with Gasteiger partial charge in [0.25, 0.3) is 0 Å². The first-order valence-corrected chi connectivity index (χ1v) is 5.71. The number of amidine groups is 1. The zero-order chi connectivity index (χ0) is 11.3. The summed E-state index contributed by atoms with van der Waals surface area (Å²) in [4.78, 5) is 9.06. The molecule has 1 aromatic rings. The lowest BCUT2D eigenvalue weighted by Crippen LogP contribution is -2.41. The Morgan fingerprint density at radius 2 is 1.94 bits per heavy atom. The van der Waals surface area contributed by atoms with Crippen LogP contribution in [-0.4, -0.2) is 5.84 Å². The van der Waals surface area contributed by atoms with E-state index in [9.17, 15) is 0 Å². The first kappa shape index (κ1) is 8.88. The van der Waals surface area contributed by atoms with Gasteiger partial charge in [0.1, 0.15) is 5.84 Å². The topological polar surface area (TPSA) is 24.7 Å². The molecule has 0 aromatic heterocycles. The SMILES string of the molecule is C1=CC2=c3ccccc3=NC3=NC=CC32C=C1. The van der Waals surface area contributed by atoms with E-state index in [1.165, 1.54) is 10.8 Å². The third kappa shape index (κ3) is 0.998. The molecule has 0 saturated heterocycles. The van der Waals surface area contributed by atoms with E-state index in [-0.39, 0.29) is 5.41 Å². The Kier molecular flexibility index (Phi) is 1.52. The maximum atomic E-state index is 4.66. The van der Waals surface area contributed by atoms with Crippen molar-refractivity contribution in [1.82, 2.24) is 0 Å². The van der Waals surface area contributed by atoms with Crippen LogP contribution < -0.4 is 10.6 Å². The molecular weight excluding hydrogens is 208 g/mol. The van der Waals surface area contributed by atoms with Gasteiger partial charge >= 0.3 is 0 Å². The van der Waals surface area contributed by atoms with Gasteiger partial charge in [-0.25, -0.2) is 9.98 Å². The number of hydrogen-bond acceptors (Lipinski definition) is 2. The molecule has 1 aliphatic carbocycles. The van der Waals surface area contributed by atoms with Gasteiger partial charge in [-0.2, -0.15) is 0 Å². The highest BCUT2D eigenvalue weighted by Crippen LogP contribution is 2.40. The van der Waals surface area contributed by atoms with Crippen LogP contribution in [0.3, 0.4) is 0 Å². The smallest absolute Gasteiger partial charge is 0.147 e. The molecule has 17 heavy (non-hydrogen) atoms. The maximum Gasteiger partial charge on any atom is 0.147 e. The lowest BCUT2D eigenvalue weighted by Gasteiger charge is -2.29. The molecule has 3 aliphatic rings. The summed E-state index contributed by atoms with van der Waals surface area (Å²) in [5.74, 6) is 0.881. The van der Waals surface area contributed by atoms with Crippen molar-refractivity contribution >= 4 is 11.4 Å². The fraction of sp³-hybridized carbons (Fsp3) is 0.0667. The average molecular weight is 218 g/mol. The van der Waals surface area contributed by atoms with Crippen molar-refractivity contribution in [2.75, 3.05) is 0 Å². The molecule has 2 aliphatic heterocycles. The van der Waals surface area contributed by atoms with Gasteiger partial charge in [0.2, 0.25) is 0 Å². The zero-order valence-electron chi connectivity index (χ0n) is 9.17. The second kappa shape index (κ2) is 2.92. The molecule has 0 amide bonds. The summed E-state index contributed by atoms with van der Waals surface area (Å²) < 4.78 is 0. The maximum absolute atomic E-state index is 4.66. The molecule has 0 N–H and O–H groups in total. The number of nitrogens with zero attached hydrogens (tertiary/aromatic N) is 2. The standard InChI is InChI=1S/C15H10N2/c1-2-7-13-11(5-1)12-6-3-4-8-15(12)9-10-16-14(15)17-13/h1-10H. The van der Waals surface area contributed by atoms with Crippen LogP contribution in [0.5, 0.6) is 0 Å². The predicted octanol–water partition coefficient (Wildman–Crippen LogP) is 1.51. The third-order valence-electron chi connectivity index (χ3n) is 3.50. The number of fused-ring (bicyclic) bond motifs is 1. The Balaban J connectivity index is 2.24. The van der Waals surface area contributed by atoms with E-state index in [0.29, 0.717) is 0 Å². The molecular formula is C15H10N2. The van der Waals surface area contributed by atoms with E-state index in [4.69, 9.17) is 0 Å². The monoisotopic (exact) mass is 218 g/mol. The van der Waals surface area contributed by atoms with Crippen LogP contribution in [0, 0.1) is 5.41 Å². The van der Waals surface area contributed by atoms with Crippen LogP contribution in [-0.2, 0) is 0 Å². The molecule has 0 fully saturated rings. The molecule has 1 atom stereocenters. The summed E-state index contributed by atoms with van der Waals surface area (Å²) >= 11 is 0. The lowest BCUT2D eigenvalue weighted by atomic mass is 9.75. The Labute approximate surface area is 98.7 Å². The van der Waals surface area contributed by atoms with Crippen molar-refractivity contribution in [2.45, 2.75) is 0 Å². The van der Waals surface area contributed by atoms with Crippen molar-refractivity contribution in [3.63, 3.8) is 0 Å². The van der Waals surface area contributed by atoms with E-state index in [1.807, 2.05) is 18.3 Å². The summed E-state index contributed by atoms with van der Waals surface area (Å²) in [6.45, 7) is 0. The zero-order valence-corrected chi connectivity index (χ0v) is 9.17. The molecule has 2 heterocycles. The highest BCUT2D eigenvalue weighted by Gasteiger charge is 2.39. The molecule has 4 rings (SSSR count). The molecule has 0 radical (unpaired) electrons. The average Bonchev–Trinajstić information content (AvgIpc) is 2.78. The number of para-hydroxylation sites is 1. The van der Waals surface area contributed by atoms with Gasteiger partial charge in [-0.15, -0.1) is 0 Å². The van der Waals surface area contributed by atoms with Crippen LogP contribution in [0.4, 0.5) is 0 Å². The number of allylic oxidation sites excluding steroid dienone is 3. The van der Waals surface area contributed by atoms with Gasteiger partial charge < -0.3 is 0 Å². The first-order chi connectivity index (χ1) is 8.40. The summed E-state index contributed by atoms with van der Waals surface area (Å²) in [5.41, 5.74) is 1.06. The van der Waals surface area contributed by atoms with Gasteiger partial charge in [0, 0.05) is 11.4 Å². The van der Waals surface area contributed by atoms with Crippen LogP contribution >= 0.6 is 0 Å². The third-order valence-corrected chi connectivity index (χ3v) is 3.50. The minimum Gasteiger partial charge on any atom is -0.240 e. The number of benzene rings is 1. The Bertz CT molecular complexity index is 747. The van der Waals surface area contributed by atoms with Crippen molar-refractivity contribution < 1.29 is 0 Å². The molecule has 2 heteroatoms. The Morgan fingerprint density at radius 3 is 2.94 bits per heavy atom. The van der Waals surface area contributed by atoms with E-state index < -0.39 is 0 Å². The van der Waals surface area contributed by atoms with Crippen molar-refractivity contribution in [3.8, 4) is 0 Å². The minimum atomic E-state index is -0.219. The largest absolute Gasteiger partial charge is 0.240 e. The number of rotatable bonds is 0. The van der Waals surface area contributed by atoms with Crippen molar-refractivity contribution in [3.05, 3.63) is 71.4 Å². The molecule has 0 saturated carbocycles. The van der Waals surface area contributed by atoms with Crippen LogP contribution in [0.1, 0.15) is 0 Å². The lowest BCUT2D eigenvalue weighted by molar-refractivity contribution is 0.884. The number of hydrogen-bond donors (Lipinski definition) is 0. The second-order valence-corrected chi connectivity index (χ2v) is 4.40. The second-order valence-electron chi connectivity index (χ2n) is 4.40. The summed E-state index contributed by atoms with van der Waals surface area (Å²) in [5, 5.41) is 2.22. The van der Waals surface area contributed by atoms with Crippen LogP contribution in [0.2, 0.25) is 0 Å². The molecule has 0 bridgehead atoms. The van der Waals surface area contributed by atoms with Gasteiger partial charge in [0.15, 0.2) is 0 Å². The molecule has 80 valence electrons. The molecule has 2 nitrogen and oxygen atoms in total. The summed E-state index contributed by atoms with van der Waals surface area (Å²) in [6.07, 6.45) is 12.5. The van der Waals surface area contributed by atoms with E-state index in [1.54, 1.807) is 0 Å². The predicted molar refractivity (Wildman–Crippen MR) is 67.9 cm³/mol. The Morgan fingerprint density at radius 1 is 1.00 bits per heavy atom. The van der Waals surface area contributed by atoms with Gasteiger partial charge in [-0.3, -0.25) is 0 Å². The first-order valence-electron chi connectivity index (χ1n) is 5.71. The normalized spacial score (nSPS) is 27.1. The molecule has 1 aromatic carbocycles. The van der Waals surface area contributed by atoms with E-state index in [2.05, 4.69) is 52.5 Å². The van der Waals surface area contributed by atoms with E-state index in [0.717, 1.165) is 11.2 Å². The summed E-state index contributed by atoms with van der Waals surface area (Å²) in [6, 6.07) is 8.24. The fourth-order valence-electron chi connectivity index (χ4n) is 2.68. The molecule has 1 unspecified atom stereocenters. The van der Waals surface area contributed by atoms with Crippen LogP contribution in [0.25, 0.3) is 5.57 Å². The van der Waals surface area contributed by atoms with Crippen molar-refractivity contribution in [1.29, 1.82) is 0 Å². The van der Waals surface area contributed by atoms with Gasteiger partial charge in [-0.1, -0.05) is 42.5 Å². The Hall–Kier alpha value is -2.22. The van der Waals surface area contributed by atoms with Crippen molar-refractivity contribution in [2.24, 2.45) is 15.4 Å². The molecule has 1 spiro atoms. The highest BCUT2D eigenvalue weighted by atomic mass is 15.0. The quantitative estimate of drug-likeness (QED) is 0.630. The minimum absolute atomic E-state index is 0.219. The number of aliphatic imine (C=N–C) groups is 1. The highest BCUT2D eigenvalue weighted by molar-refractivity contribution is 6.06. The van der Waals surface area contributed by atoms with Gasteiger partial charge in [0.05, 0.1) is 10.8 Å². The summed E-state index contributed by atoms with van der Waals surface area (Å²) in [7, 11) is 0. The van der Waals surface area contributed by atoms with Crippen LogP contribution in [0.15, 0.2) is 70.8 Å². The van der Waals surface area contributed by atoms with E-state index >= 15 is 0 Å². The van der Waals surface area contributed by atoms with Gasteiger partial charge in [-0.05, 0) is 17.7 Å².